The zero-order chi connectivity index (χ0) is 13.8. The largest absolute Gasteiger partial charge is 0.387 e. The molecular formula is C15H17F2NO. The minimum Gasteiger partial charge on any atom is -0.387 e. The number of alkyl halides is 2. The fourth-order valence-corrected chi connectivity index (χ4v) is 2.13. The Morgan fingerprint density at radius 2 is 1.74 bits per heavy atom. The van der Waals surface area contributed by atoms with E-state index in [1.54, 1.807) is 7.05 Å². The number of fused-ring (bicyclic) bond motifs is 1. The van der Waals surface area contributed by atoms with Crippen molar-refractivity contribution >= 4 is 10.8 Å². The van der Waals surface area contributed by atoms with Crippen molar-refractivity contribution in [3.8, 4) is 0 Å². The van der Waals surface area contributed by atoms with Crippen LogP contribution in [0.25, 0.3) is 10.8 Å². The number of aliphatic hydroxyl groups excluding tert-OH is 1. The topological polar surface area (TPSA) is 23.5 Å². The van der Waals surface area contributed by atoms with Crippen LogP contribution in [-0.2, 0) is 0 Å². The third-order valence-corrected chi connectivity index (χ3v) is 3.09. The molecule has 19 heavy (non-hydrogen) atoms. The SMILES string of the molecule is CN(CC(F)F)CC(O)c1ccc2ccccc2c1. The molecule has 2 aromatic rings. The second kappa shape index (κ2) is 6.08. The maximum Gasteiger partial charge on any atom is 0.251 e. The van der Waals surface area contributed by atoms with Gasteiger partial charge in [-0.05, 0) is 29.4 Å². The lowest BCUT2D eigenvalue weighted by atomic mass is 10.0. The first kappa shape index (κ1) is 13.9. The Morgan fingerprint density at radius 3 is 2.42 bits per heavy atom. The van der Waals surface area contributed by atoms with Crippen LogP contribution in [0.1, 0.15) is 11.7 Å². The molecule has 0 saturated carbocycles. The van der Waals surface area contributed by atoms with Crippen molar-refractivity contribution in [3.05, 3.63) is 48.0 Å². The van der Waals surface area contributed by atoms with Crippen LogP contribution in [0.3, 0.4) is 0 Å². The van der Waals surface area contributed by atoms with Gasteiger partial charge in [0.15, 0.2) is 0 Å². The maximum atomic E-state index is 12.2. The standard InChI is InChI=1S/C15H17F2NO/c1-18(10-15(16)17)9-14(19)13-7-6-11-4-2-3-5-12(11)8-13/h2-8,14-15,19H,9-10H2,1H3. The van der Waals surface area contributed by atoms with Gasteiger partial charge in [-0.15, -0.1) is 0 Å². The van der Waals surface area contributed by atoms with E-state index in [4.69, 9.17) is 0 Å². The number of halogens is 2. The third-order valence-electron chi connectivity index (χ3n) is 3.09. The minimum atomic E-state index is -2.38. The molecule has 2 aromatic carbocycles. The van der Waals surface area contributed by atoms with Crippen molar-refractivity contribution in [2.75, 3.05) is 20.1 Å². The normalized spacial score (nSPS) is 13.4. The van der Waals surface area contributed by atoms with E-state index in [9.17, 15) is 13.9 Å². The summed E-state index contributed by atoms with van der Waals surface area (Å²) in [5.41, 5.74) is 0.750. The van der Waals surface area contributed by atoms with Crippen molar-refractivity contribution in [1.82, 2.24) is 4.90 Å². The molecule has 1 N–H and O–H groups in total. The highest BCUT2D eigenvalue weighted by Crippen LogP contribution is 2.21. The average Bonchev–Trinajstić information content (AvgIpc) is 2.37. The van der Waals surface area contributed by atoms with Gasteiger partial charge in [0.1, 0.15) is 0 Å². The lowest BCUT2D eigenvalue weighted by molar-refractivity contribution is 0.0681. The molecule has 0 aromatic heterocycles. The summed E-state index contributed by atoms with van der Waals surface area (Å²) in [6.07, 6.45) is -3.14. The Morgan fingerprint density at radius 1 is 1.05 bits per heavy atom. The Bertz CT molecular complexity index is 544. The van der Waals surface area contributed by atoms with E-state index in [2.05, 4.69) is 0 Å². The number of likely N-dealkylation sites (N-methyl/N-ethyl adjacent to an activating group) is 1. The highest BCUT2D eigenvalue weighted by molar-refractivity contribution is 5.83. The summed E-state index contributed by atoms with van der Waals surface area (Å²) in [4.78, 5) is 1.44. The van der Waals surface area contributed by atoms with Crippen LogP contribution >= 0.6 is 0 Å². The number of benzene rings is 2. The van der Waals surface area contributed by atoms with Gasteiger partial charge in [-0.3, -0.25) is 4.90 Å². The fourth-order valence-electron chi connectivity index (χ4n) is 2.13. The molecule has 0 heterocycles. The molecule has 0 aliphatic rings. The van der Waals surface area contributed by atoms with Gasteiger partial charge < -0.3 is 5.11 Å². The van der Waals surface area contributed by atoms with Crippen molar-refractivity contribution in [2.45, 2.75) is 12.5 Å². The van der Waals surface area contributed by atoms with Gasteiger partial charge in [0.05, 0.1) is 12.6 Å². The Hall–Kier alpha value is -1.52. The summed E-state index contributed by atoms with van der Waals surface area (Å²) in [7, 11) is 1.58. The quantitative estimate of drug-likeness (QED) is 0.898. The second-order valence-corrected chi connectivity index (χ2v) is 4.73. The van der Waals surface area contributed by atoms with Crippen molar-refractivity contribution in [3.63, 3.8) is 0 Å². The molecule has 1 unspecified atom stereocenters. The highest BCUT2D eigenvalue weighted by Gasteiger charge is 2.14. The smallest absolute Gasteiger partial charge is 0.251 e. The summed E-state index contributed by atoms with van der Waals surface area (Å²) in [5.74, 6) is 0. The summed E-state index contributed by atoms with van der Waals surface area (Å²) in [6, 6.07) is 13.5. The molecule has 0 fully saturated rings. The van der Waals surface area contributed by atoms with Gasteiger partial charge in [-0.25, -0.2) is 8.78 Å². The third kappa shape index (κ3) is 3.72. The van der Waals surface area contributed by atoms with Crippen LogP contribution < -0.4 is 0 Å². The first-order valence-electron chi connectivity index (χ1n) is 6.19. The van der Waals surface area contributed by atoms with Gasteiger partial charge in [0, 0.05) is 6.54 Å². The molecule has 0 amide bonds. The Kier molecular flexibility index (Phi) is 4.45. The van der Waals surface area contributed by atoms with Gasteiger partial charge >= 0.3 is 0 Å². The molecule has 0 bridgehead atoms. The molecule has 0 radical (unpaired) electrons. The maximum absolute atomic E-state index is 12.2. The van der Waals surface area contributed by atoms with Crippen molar-refractivity contribution < 1.29 is 13.9 Å². The second-order valence-electron chi connectivity index (χ2n) is 4.73. The van der Waals surface area contributed by atoms with Crippen LogP contribution in [0.15, 0.2) is 42.5 Å². The van der Waals surface area contributed by atoms with Crippen LogP contribution in [0.2, 0.25) is 0 Å². The number of nitrogens with zero attached hydrogens (tertiary/aromatic N) is 1. The van der Waals surface area contributed by atoms with Crippen LogP contribution in [0, 0.1) is 0 Å². The highest BCUT2D eigenvalue weighted by atomic mass is 19.3. The zero-order valence-electron chi connectivity index (χ0n) is 10.8. The van der Waals surface area contributed by atoms with E-state index in [0.717, 1.165) is 16.3 Å². The van der Waals surface area contributed by atoms with E-state index in [-0.39, 0.29) is 13.1 Å². The predicted molar refractivity (Wildman–Crippen MR) is 72.4 cm³/mol. The van der Waals surface area contributed by atoms with Gasteiger partial charge in [-0.2, -0.15) is 0 Å². The summed E-state index contributed by atoms with van der Waals surface area (Å²) in [5, 5.41) is 12.2. The molecule has 102 valence electrons. The molecule has 4 heteroatoms. The van der Waals surface area contributed by atoms with E-state index in [1.165, 1.54) is 4.90 Å². The minimum absolute atomic E-state index is 0.197. The number of aliphatic hydroxyl groups is 1. The average molecular weight is 265 g/mol. The van der Waals surface area contributed by atoms with Crippen LogP contribution in [0.5, 0.6) is 0 Å². The molecule has 0 aliphatic carbocycles. The summed E-state index contributed by atoms with van der Waals surface area (Å²) < 4.78 is 24.4. The first-order chi connectivity index (χ1) is 9.06. The van der Waals surface area contributed by atoms with Gasteiger partial charge in [0.2, 0.25) is 0 Å². The Balaban J connectivity index is 2.10. The summed E-state index contributed by atoms with van der Waals surface area (Å²) >= 11 is 0. The summed E-state index contributed by atoms with van der Waals surface area (Å²) in [6.45, 7) is -0.132. The van der Waals surface area contributed by atoms with E-state index >= 15 is 0 Å². The van der Waals surface area contributed by atoms with Crippen LogP contribution in [0.4, 0.5) is 8.78 Å². The van der Waals surface area contributed by atoms with Gasteiger partial charge in [0.25, 0.3) is 6.43 Å². The van der Waals surface area contributed by atoms with Crippen molar-refractivity contribution in [2.24, 2.45) is 0 Å². The molecule has 2 nitrogen and oxygen atoms in total. The predicted octanol–water partition coefficient (Wildman–Crippen LogP) is 3.07. The zero-order valence-corrected chi connectivity index (χ0v) is 10.8. The van der Waals surface area contributed by atoms with E-state index in [0.29, 0.717) is 0 Å². The number of hydrogen-bond acceptors (Lipinski definition) is 2. The lowest BCUT2D eigenvalue weighted by Gasteiger charge is -2.20. The Labute approximate surface area is 111 Å². The number of rotatable bonds is 5. The molecule has 1 atom stereocenters. The molecule has 0 aliphatic heterocycles. The number of hydrogen-bond donors (Lipinski definition) is 1. The van der Waals surface area contributed by atoms with Crippen LogP contribution in [-0.4, -0.2) is 36.6 Å². The fraction of sp³-hybridized carbons (Fsp3) is 0.333. The molecular weight excluding hydrogens is 248 g/mol. The molecule has 2 rings (SSSR count). The van der Waals surface area contributed by atoms with Gasteiger partial charge in [-0.1, -0.05) is 36.4 Å². The van der Waals surface area contributed by atoms with Crippen molar-refractivity contribution in [1.29, 1.82) is 0 Å². The molecule has 0 saturated heterocycles. The molecule has 0 spiro atoms. The van der Waals surface area contributed by atoms with E-state index in [1.807, 2.05) is 42.5 Å². The first-order valence-corrected chi connectivity index (χ1v) is 6.19. The van der Waals surface area contributed by atoms with E-state index < -0.39 is 12.5 Å². The lowest BCUT2D eigenvalue weighted by Crippen LogP contribution is -2.29. The monoisotopic (exact) mass is 265 g/mol.